The Morgan fingerprint density at radius 1 is 1.33 bits per heavy atom. The monoisotopic (exact) mass is 361 g/mol. The van der Waals surface area contributed by atoms with Crippen LogP contribution in [0.5, 0.6) is 0 Å². The number of pyridine rings is 2. The molecule has 0 bridgehead atoms. The maximum Gasteiger partial charge on any atom is 0.339 e. The summed E-state index contributed by atoms with van der Waals surface area (Å²) in [6.07, 6.45) is 7.11. The van der Waals surface area contributed by atoms with E-state index < -0.39 is 5.97 Å². The van der Waals surface area contributed by atoms with Crippen LogP contribution < -0.4 is 0 Å². The number of carbonyl (C=O) groups excluding carboxylic acids is 1. The summed E-state index contributed by atoms with van der Waals surface area (Å²) in [7, 11) is 3.27. The second-order valence-corrected chi connectivity index (χ2v) is 7.12. The summed E-state index contributed by atoms with van der Waals surface area (Å²) < 4.78 is 6.69. The maximum atomic E-state index is 11.8. The van der Waals surface area contributed by atoms with Crippen molar-refractivity contribution < 1.29 is 9.53 Å². The fourth-order valence-corrected chi connectivity index (χ4v) is 3.56. The number of imidazole rings is 1. The predicted molar refractivity (Wildman–Crippen MR) is 101 cm³/mol. The van der Waals surface area contributed by atoms with Crippen LogP contribution in [-0.2, 0) is 18.2 Å². The highest BCUT2D eigenvalue weighted by Gasteiger charge is 2.23. The van der Waals surface area contributed by atoms with Crippen molar-refractivity contribution in [2.45, 2.75) is 19.3 Å². The zero-order valence-electron chi connectivity index (χ0n) is 15.2. The van der Waals surface area contributed by atoms with Crippen LogP contribution in [0.3, 0.4) is 0 Å². The predicted octanol–water partition coefficient (Wildman–Crippen LogP) is 3.25. The first-order valence-corrected chi connectivity index (χ1v) is 9.02. The summed E-state index contributed by atoms with van der Waals surface area (Å²) in [5.74, 6) is 1.15. The van der Waals surface area contributed by atoms with E-state index in [2.05, 4.69) is 27.1 Å². The molecular formula is C20H19N5O2. The van der Waals surface area contributed by atoms with Crippen LogP contribution in [0.2, 0.25) is 0 Å². The quantitative estimate of drug-likeness (QED) is 0.564. The van der Waals surface area contributed by atoms with Crippen LogP contribution in [0, 0.1) is 5.92 Å². The molecule has 0 radical (unpaired) electrons. The van der Waals surface area contributed by atoms with E-state index in [0.717, 1.165) is 34.9 Å². The number of esters is 1. The van der Waals surface area contributed by atoms with Gasteiger partial charge in [0.1, 0.15) is 11.2 Å². The van der Waals surface area contributed by atoms with Gasteiger partial charge in [0.15, 0.2) is 11.5 Å². The number of aromatic amines is 1. The van der Waals surface area contributed by atoms with E-state index in [4.69, 9.17) is 9.72 Å². The number of ether oxygens (including phenoxy) is 1. The van der Waals surface area contributed by atoms with E-state index >= 15 is 0 Å². The normalized spacial score (nSPS) is 14.1. The minimum atomic E-state index is -0.420. The van der Waals surface area contributed by atoms with Crippen LogP contribution in [-0.4, -0.2) is 37.6 Å². The van der Waals surface area contributed by atoms with Gasteiger partial charge in [-0.25, -0.2) is 19.7 Å². The Kier molecular flexibility index (Phi) is 3.50. The molecule has 27 heavy (non-hydrogen) atoms. The van der Waals surface area contributed by atoms with Gasteiger partial charge >= 0.3 is 5.97 Å². The second-order valence-electron chi connectivity index (χ2n) is 7.12. The number of aryl methyl sites for hydroxylation is 1. The van der Waals surface area contributed by atoms with E-state index in [1.54, 1.807) is 6.07 Å². The Morgan fingerprint density at radius 2 is 2.19 bits per heavy atom. The Hall–Kier alpha value is -3.22. The molecule has 0 atom stereocenters. The number of rotatable bonds is 4. The molecule has 0 aliphatic heterocycles. The summed E-state index contributed by atoms with van der Waals surface area (Å²) >= 11 is 0. The standard InChI is InChI=1S/C20H19N5O2/c1-25-18-15(8-13(10-22-18)20(26)27-2)24-19(25)16-9-14-12(7-11-3-4-11)5-6-21-17(14)23-16/h5-6,8-11H,3-4,7H2,1-2H3,(H,21,23). The van der Waals surface area contributed by atoms with E-state index in [-0.39, 0.29) is 0 Å². The van der Waals surface area contributed by atoms with Crippen molar-refractivity contribution in [1.29, 1.82) is 0 Å². The number of carbonyl (C=O) groups is 1. The Balaban J connectivity index is 1.62. The number of methoxy groups -OCH3 is 1. The first-order chi connectivity index (χ1) is 13.1. The van der Waals surface area contributed by atoms with Gasteiger partial charge in [0, 0.05) is 24.8 Å². The molecule has 5 rings (SSSR count). The molecule has 0 saturated heterocycles. The lowest BCUT2D eigenvalue weighted by atomic mass is 10.1. The lowest BCUT2D eigenvalue weighted by Crippen LogP contribution is -2.02. The zero-order valence-corrected chi connectivity index (χ0v) is 15.2. The van der Waals surface area contributed by atoms with Crippen molar-refractivity contribution in [3.63, 3.8) is 0 Å². The van der Waals surface area contributed by atoms with Crippen molar-refractivity contribution in [2.24, 2.45) is 13.0 Å². The number of nitrogens with one attached hydrogen (secondary N) is 1. The molecule has 0 aromatic carbocycles. The number of hydrogen-bond donors (Lipinski definition) is 1. The molecule has 1 aliphatic rings. The highest BCUT2D eigenvalue weighted by atomic mass is 16.5. The number of H-pyrrole nitrogens is 1. The molecule has 7 nitrogen and oxygen atoms in total. The molecule has 1 N–H and O–H groups in total. The minimum absolute atomic E-state index is 0.389. The van der Waals surface area contributed by atoms with E-state index in [1.807, 2.05) is 17.8 Å². The Labute approximate surface area is 155 Å². The van der Waals surface area contributed by atoms with Gasteiger partial charge in [0.2, 0.25) is 0 Å². The van der Waals surface area contributed by atoms with Gasteiger partial charge in [0.05, 0.1) is 18.4 Å². The van der Waals surface area contributed by atoms with Crippen LogP contribution in [0.1, 0.15) is 28.8 Å². The van der Waals surface area contributed by atoms with Crippen molar-refractivity contribution in [3.05, 3.63) is 41.7 Å². The molecule has 1 fully saturated rings. The highest BCUT2D eigenvalue weighted by Crippen LogP contribution is 2.35. The van der Waals surface area contributed by atoms with Crippen LogP contribution in [0.4, 0.5) is 0 Å². The van der Waals surface area contributed by atoms with Crippen molar-refractivity contribution in [3.8, 4) is 11.5 Å². The third-order valence-corrected chi connectivity index (χ3v) is 5.20. The highest BCUT2D eigenvalue weighted by molar-refractivity contribution is 5.93. The molecule has 0 amide bonds. The van der Waals surface area contributed by atoms with Gasteiger partial charge in [-0.1, -0.05) is 0 Å². The SMILES string of the molecule is COC(=O)c1cnc2c(c1)nc(-c1cc3c(CC4CC4)ccnc3[nH]1)n2C. The smallest absolute Gasteiger partial charge is 0.339 e. The number of hydrogen-bond acceptors (Lipinski definition) is 5. The van der Waals surface area contributed by atoms with Crippen LogP contribution in [0.25, 0.3) is 33.7 Å². The van der Waals surface area contributed by atoms with Crippen molar-refractivity contribution in [1.82, 2.24) is 24.5 Å². The third-order valence-electron chi connectivity index (χ3n) is 5.20. The first-order valence-electron chi connectivity index (χ1n) is 9.02. The van der Waals surface area contributed by atoms with Gasteiger partial charge in [-0.2, -0.15) is 0 Å². The van der Waals surface area contributed by atoms with Gasteiger partial charge in [-0.05, 0) is 48.9 Å². The molecule has 4 aromatic rings. The average molecular weight is 361 g/mol. The van der Waals surface area contributed by atoms with Gasteiger partial charge in [-0.3, -0.25) is 0 Å². The lowest BCUT2D eigenvalue weighted by Gasteiger charge is -2.00. The van der Waals surface area contributed by atoms with E-state index in [9.17, 15) is 4.79 Å². The number of aromatic nitrogens is 5. The largest absolute Gasteiger partial charge is 0.465 e. The molecule has 0 spiro atoms. The third kappa shape index (κ3) is 2.66. The fourth-order valence-electron chi connectivity index (χ4n) is 3.56. The van der Waals surface area contributed by atoms with Crippen LogP contribution >= 0.6 is 0 Å². The molecule has 0 unspecified atom stereocenters. The zero-order chi connectivity index (χ0) is 18.5. The number of nitrogens with zero attached hydrogens (tertiary/aromatic N) is 4. The maximum absolute atomic E-state index is 11.8. The molecular weight excluding hydrogens is 342 g/mol. The van der Waals surface area contributed by atoms with E-state index in [0.29, 0.717) is 16.7 Å². The minimum Gasteiger partial charge on any atom is -0.465 e. The van der Waals surface area contributed by atoms with Gasteiger partial charge in [-0.15, -0.1) is 0 Å². The summed E-state index contributed by atoms with van der Waals surface area (Å²) in [5, 5.41) is 1.15. The Bertz CT molecular complexity index is 1190. The molecule has 4 heterocycles. The average Bonchev–Trinajstić information content (AvgIpc) is 3.29. The summed E-state index contributed by atoms with van der Waals surface area (Å²) in [5.41, 5.74) is 4.84. The molecule has 1 aliphatic carbocycles. The molecule has 136 valence electrons. The first kappa shape index (κ1) is 16.0. The van der Waals surface area contributed by atoms with Gasteiger partial charge < -0.3 is 14.3 Å². The second kappa shape index (κ2) is 5.90. The number of fused-ring (bicyclic) bond motifs is 2. The molecule has 1 saturated carbocycles. The van der Waals surface area contributed by atoms with Crippen molar-refractivity contribution >= 4 is 28.2 Å². The summed E-state index contributed by atoms with van der Waals surface area (Å²) in [4.78, 5) is 28.7. The topological polar surface area (TPSA) is 85.7 Å². The Morgan fingerprint density at radius 3 is 2.96 bits per heavy atom. The summed E-state index contributed by atoms with van der Waals surface area (Å²) in [6, 6.07) is 5.93. The van der Waals surface area contributed by atoms with E-state index in [1.165, 1.54) is 31.7 Å². The fraction of sp³-hybridized carbons (Fsp3) is 0.300. The van der Waals surface area contributed by atoms with Crippen LogP contribution in [0.15, 0.2) is 30.6 Å². The summed E-state index contributed by atoms with van der Waals surface area (Å²) in [6.45, 7) is 0. The lowest BCUT2D eigenvalue weighted by molar-refractivity contribution is 0.0600. The molecule has 4 aromatic heterocycles. The molecule has 7 heteroatoms. The van der Waals surface area contributed by atoms with Crippen molar-refractivity contribution in [2.75, 3.05) is 7.11 Å². The van der Waals surface area contributed by atoms with Gasteiger partial charge in [0.25, 0.3) is 0 Å².